The van der Waals surface area contributed by atoms with Gasteiger partial charge in [0.05, 0.1) is 19.2 Å². The zero-order chi connectivity index (χ0) is 27.8. The highest BCUT2D eigenvalue weighted by Crippen LogP contribution is 2.41. The van der Waals surface area contributed by atoms with E-state index < -0.39 is 0 Å². The monoisotopic (exact) mass is 558 g/mol. The van der Waals surface area contributed by atoms with Gasteiger partial charge in [-0.1, -0.05) is 11.6 Å². The number of halogens is 1. The number of ether oxygens (including phenoxy) is 2. The van der Waals surface area contributed by atoms with Crippen LogP contribution in [0.5, 0.6) is 11.5 Å². The molecule has 1 fully saturated rings. The summed E-state index contributed by atoms with van der Waals surface area (Å²) in [7, 11) is 3.17. The number of hydrogen-bond donors (Lipinski definition) is 1. The minimum Gasteiger partial charge on any atom is -0.497 e. The standard InChI is InChI=1S/C29H31ClN8O2/c1-18(2)36-9-11-37(12-10-36)21-7-5-20(6-8-21)33-29-31-16-19-13-24(28-35-32-17-38(28)27(19)34-29)23-14-22(39-3)15-25(40-4)26(23)30/h5-8,13-18H,9-12H2,1-4H3,(H,31,33,34). The molecule has 5 aromatic rings. The minimum absolute atomic E-state index is 0.456. The zero-order valence-corrected chi connectivity index (χ0v) is 23.7. The number of pyridine rings is 1. The number of piperazine rings is 1. The summed E-state index contributed by atoms with van der Waals surface area (Å²) < 4.78 is 12.8. The lowest BCUT2D eigenvalue weighted by atomic mass is 10.0. The second-order valence-electron chi connectivity index (χ2n) is 10.0. The Kier molecular flexibility index (Phi) is 7.03. The quantitative estimate of drug-likeness (QED) is 0.286. The summed E-state index contributed by atoms with van der Waals surface area (Å²) in [5.41, 5.74) is 4.89. The number of nitrogens with zero attached hydrogens (tertiary/aromatic N) is 7. The van der Waals surface area contributed by atoms with Crippen molar-refractivity contribution in [1.29, 1.82) is 0 Å². The maximum atomic E-state index is 6.70. The van der Waals surface area contributed by atoms with Gasteiger partial charge in [0.2, 0.25) is 5.95 Å². The molecular formula is C29H31ClN8O2. The Morgan fingerprint density at radius 2 is 1.70 bits per heavy atom. The first-order valence-corrected chi connectivity index (χ1v) is 13.6. The average Bonchev–Trinajstić information content (AvgIpc) is 3.48. The van der Waals surface area contributed by atoms with Crippen LogP contribution in [0.25, 0.3) is 27.8 Å². The molecule has 0 aliphatic carbocycles. The smallest absolute Gasteiger partial charge is 0.229 e. The number of fused-ring (bicyclic) bond motifs is 3. The summed E-state index contributed by atoms with van der Waals surface area (Å²) in [6.45, 7) is 8.74. The van der Waals surface area contributed by atoms with Crippen molar-refractivity contribution in [3.8, 4) is 22.6 Å². The first-order valence-electron chi connectivity index (χ1n) is 13.2. The SMILES string of the molecule is COc1cc(OC)c(Cl)c(-c2cc3cnc(Nc4ccc(N5CCN(C(C)C)CC5)cc4)nc3n3cnnc23)c1. The highest BCUT2D eigenvalue weighted by molar-refractivity contribution is 6.35. The Balaban J connectivity index is 1.28. The van der Waals surface area contributed by atoms with Gasteiger partial charge in [0.1, 0.15) is 17.8 Å². The van der Waals surface area contributed by atoms with E-state index in [-0.39, 0.29) is 0 Å². The molecular weight excluding hydrogens is 528 g/mol. The number of anilines is 3. The summed E-state index contributed by atoms with van der Waals surface area (Å²) in [4.78, 5) is 14.3. The van der Waals surface area contributed by atoms with Crippen molar-refractivity contribution in [3.63, 3.8) is 0 Å². The largest absolute Gasteiger partial charge is 0.497 e. The second kappa shape index (κ2) is 10.8. The van der Waals surface area contributed by atoms with E-state index >= 15 is 0 Å². The molecule has 0 spiro atoms. The molecule has 0 bridgehead atoms. The summed E-state index contributed by atoms with van der Waals surface area (Å²) >= 11 is 6.70. The van der Waals surface area contributed by atoms with Gasteiger partial charge < -0.3 is 19.7 Å². The van der Waals surface area contributed by atoms with Gasteiger partial charge in [-0.05, 0) is 50.2 Å². The Morgan fingerprint density at radius 3 is 2.40 bits per heavy atom. The van der Waals surface area contributed by atoms with Crippen LogP contribution in [-0.4, -0.2) is 75.9 Å². The topological polar surface area (TPSA) is 92.9 Å². The average molecular weight is 559 g/mol. The molecule has 2 aromatic carbocycles. The molecule has 6 rings (SSSR count). The fraction of sp³-hybridized carbons (Fsp3) is 0.310. The van der Waals surface area contributed by atoms with Crippen molar-refractivity contribution in [1.82, 2.24) is 29.5 Å². The molecule has 0 radical (unpaired) electrons. The molecule has 0 atom stereocenters. The van der Waals surface area contributed by atoms with E-state index in [1.807, 2.05) is 16.5 Å². The maximum Gasteiger partial charge on any atom is 0.229 e. The van der Waals surface area contributed by atoms with Gasteiger partial charge in [0, 0.05) is 72.4 Å². The highest BCUT2D eigenvalue weighted by atomic mass is 35.5. The summed E-state index contributed by atoms with van der Waals surface area (Å²) in [6.07, 6.45) is 3.42. The molecule has 206 valence electrons. The van der Waals surface area contributed by atoms with Gasteiger partial charge in [-0.3, -0.25) is 9.30 Å². The van der Waals surface area contributed by atoms with Crippen LogP contribution >= 0.6 is 11.6 Å². The van der Waals surface area contributed by atoms with Crippen LogP contribution in [0.2, 0.25) is 5.02 Å². The van der Waals surface area contributed by atoms with Gasteiger partial charge in [-0.15, -0.1) is 10.2 Å². The van der Waals surface area contributed by atoms with Gasteiger partial charge in [0.25, 0.3) is 0 Å². The summed E-state index contributed by atoms with van der Waals surface area (Å²) in [6, 6.07) is 14.6. The van der Waals surface area contributed by atoms with Crippen LogP contribution in [0.15, 0.2) is 55.0 Å². The predicted molar refractivity (Wildman–Crippen MR) is 158 cm³/mol. The number of benzene rings is 2. The highest BCUT2D eigenvalue weighted by Gasteiger charge is 2.20. The maximum absolute atomic E-state index is 6.70. The number of rotatable bonds is 7. The first-order chi connectivity index (χ1) is 19.4. The Bertz CT molecular complexity index is 1660. The van der Waals surface area contributed by atoms with E-state index in [2.05, 4.69) is 68.4 Å². The Hall–Kier alpha value is -4.15. The number of nitrogens with one attached hydrogen (secondary N) is 1. The molecule has 1 N–H and O–H groups in total. The van der Waals surface area contributed by atoms with Crippen LogP contribution < -0.4 is 19.7 Å². The molecule has 4 heterocycles. The van der Waals surface area contributed by atoms with Crippen molar-refractivity contribution in [2.24, 2.45) is 0 Å². The normalized spacial score (nSPS) is 14.3. The molecule has 0 amide bonds. The third kappa shape index (κ3) is 4.84. The molecule has 0 saturated carbocycles. The van der Waals surface area contributed by atoms with E-state index in [1.54, 1.807) is 32.8 Å². The molecule has 11 heteroatoms. The minimum atomic E-state index is 0.456. The lowest BCUT2D eigenvalue weighted by molar-refractivity contribution is 0.209. The molecule has 0 unspecified atom stereocenters. The van der Waals surface area contributed by atoms with Gasteiger partial charge >= 0.3 is 0 Å². The second-order valence-corrected chi connectivity index (χ2v) is 10.4. The van der Waals surface area contributed by atoms with Crippen molar-refractivity contribution < 1.29 is 9.47 Å². The third-order valence-corrected chi connectivity index (χ3v) is 7.79. The molecule has 1 aliphatic heterocycles. The van der Waals surface area contributed by atoms with Crippen LogP contribution in [-0.2, 0) is 0 Å². The summed E-state index contributed by atoms with van der Waals surface area (Å²) in [5, 5.41) is 13.1. The number of aromatic nitrogens is 5. The van der Waals surface area contributed by atoms with E-state index in [1.165, 1.54) is 5.69 Å². The summed E-state index contributed by atoms with van der Waals surface area (Å²) in [5.74, 6) is 1.61. The third-order valence-electron chi connectivity index (χ3n) is 7.40. The van der Waals surface area contributed by atoms with Crippen molar-refractivity contribution >= 4 is 45.6 Å². The number of hydrogen-bond acceptors (Lipinski definition) is 9. The van der Waals surface area contributed by atoms with Gasteiger partial charge in [0.15, 0.2) is 11.3 Å². The van der Waals surface area contributed by atoms with E-state index in [0.29, 0.717) is 45.4 Å². The fourth-order valence-corrected chi connectivity index (χ4v) is 5.43. The van der Waals surface area contributed by atoms with Gasteiger partial charge in [-0.2, -0.15) is 4.98 Å². The van der Waals surface area contributed by atoms with E-state index in [9.17, 15) is 0 Å². The molecule has 1 aliphatic rings. The van der Waals surface area contributed by atoms with Gasteiger partial charge in [-0.25, -0.2) is 4.98 Å². The van der Waals surface area contributed by atoms with Crippen molar-refractivity contribution in [3.05, 3.63) is 60.0 Å². The lowest BCUT2D eigenvalue weighted by Gasteiger charge is -2.38. The van der Waals surface area contributed by atoms with Crippen LogP contribution in [0.4, 0.5) is 17.3 Å². The fourth-order valence-electron chi connectivity index (χ4n) is 5.15. The predicted octanol–water partition coefficient (Wildman–Crippen LogP) is 5.28. The first kappa shape index (κ1) is 26.1. The Morgan fingerprint density at radius 1 is 0.925 bits per heavy atom. The van der Waals surface area contributed by atoms with Crippen LogP contribution in [0.3, 0.4) is 0 Å². The van der Waals surface area contributed by atoms with E-state index in [4.69, 9.17) is 26.1 Å². The Labute approximate surface area is 237 Å². The molecule has 10 nitrogen and oxygen atoms in total. The molecule has 40 heavy (non-hydrogen) atoms. The van der Waals surface area contributed by atoms with Crippen molar-refractivity contribution in [2.75, 3.05) is 50.6 Å². The lowest BCUT2D eigenvalue weighted by Crippen LogP contribution is -2.48. The van der Waals surface area contributed by atoms with E-state index in [0.717, 1.165) is 42.8 Å². The van der Waals surface area contributed by atoms with Crippen molar-refractivity contribution in [2.45, 2.75) is 19.9 Å². The molecule has 1 saturated heterocycles. The zero-order valence-electron chi connectivity index (χ0n) is 22.9. The number of methoxy groups -OCH3 is 2. The van der Waals surface area contributed by atoms with Crippen LogP contribution in [0.1, 0.15) is 13.8 Å². The molecule has 3 aromatic heterocycles. The van der Waals surface area contributed by atoms with Crippen LogP contribution in [0, 0.1) is 0 Å².